The maximum atomic E-state index is 12.9. The number of benzene rings is 1. The molecule has 0 radical (unpaired) electrons. The van der Waals surface area contributed by atoms with Crippen molar-refractivity contribution in [1.82, 2.24) is 20.3 Å². The van der Waals surface area contributed by atoms with Crippen molar-refractivity contribution < 1.29 is 4.79 Å². The number of hydrogen-bond donors (Lipinski definition) is 3. The molecule has 0 saturated carbocycles. The number of rotatable bonds is 5. The third-order valence-corrected chi connectivity index (χ3v) is 5.19. The largest absolute Gasteiger partial charge is 0.372 e. The summed E-state index contributed by atoms with van der Waals surface area (Å²) in [5, 5.41) is 7.56. The number of amides is 1. The quantitative estimate of drug-likeness (QED) is 0.636. The summed E-state index contributed by atoms with van der Waals surface area (Å²) in [5.74, 6) is 0.921. The van der Waals surface area contributed by atoms with Crippen molar-refractivity contribution in [2.75, 3.05) is 23.3 Å². The van der Waals surface area contributed by atoms with Crippen LogP contribution in [0.5, 0.6) is 0 Å². The Morgan fingerprint density at radius 1 is 1.21 bits per heavy atom. The molecule has 2 aromatic heterocycles. The first kappa shape index (κ1) is 18.3. The van der Waals surface area contributed by atoms with E-state index < -0.39 is 5.54 Å². The van der Waals surface area contributed by atoms with E-state index in [2.05, 4.69) is 30.5 Å². The molecule has 1 unspecified atom stereocenters. The van der Waals surface area contributed by atoms with Gasteiger partial charge in [-0.05, 0) is 44.9 Å². The number of carbonyl (C=O) groups is 1. The minimum Gasteiger partial charge on any atom is -0.372 e. The van der Waals surface area contributed by atoms with Crippen LogP contribution in [0.15, 0.2) is 48.9 Å². The van der Waals surface area contributed by atoms with Crippen LogP contribution in [0, 0.1) is 0 Å². The standard InChI is InChI=1S/C21H26N6O/c1-21(2,26-15-7-4-3-5-8-15)20(28)25-16-9-6-12-27(13-16)19-17-10-11-22-18(17)23-14-24-19/h3-5,7-8,10-11,14,16,26H,6,9,12-13H2,1-2H3,(H,25,28)(H,22,23,24). The second-order valence-corrected chi connectivity index (χ2v) is 7.81. The molecule has 1 saturated heterocycles. The third kappa shape index (κ3) is 3.78. The lowest BCUT2D eigenvalue weighted by molar-refractivity contribution is -0.125. The molecule has 1 aliphatic rings. The fourth-order valence-corrected chi connectivity index (χ4v) is 3.70. The Labute approximate surface area is 164 Å². The molecule has 146 valence electrons. The van der Waals surface area contributed by atoms with E-state index in [0.29, 0.717) is 0 Å². The van der Waals surface area contributed by atoms with Gasteiger partial charge in [0.25, 0.3) is 0 Å². The van der Waals surface area contributed by atoms with Gasteiger partial charge in [0, 0.05) is 31.0 Å². The minimum absolute atomic E-state index is 0.00215. The van der Waals surface area contributed by atoms with Crippen LogP contribution in [0.4, 0.5) is 11.5 Å². The number of nitrogens with one attached hydrogen (secondary N) is 3. The number of para-hydroxylation sites is 1. The SMILES string of the molecule is CC(C)(Nc1ccccc1)C(=O)NC1CCCN(c2ncnc3[nH]ccc23)C1. The van der Waals surface area contributed by atoms with Crippen LogP contribution >= 0.6 is 0 Å². The first-order valence-corrected chi connectivity index (χ1v) is 9.70. The molecule has 1 aromatic carbocycles. The molecule has 4 rings (SSSR count). The number of hydrogen-bond acceptors (Lipinski definition) is 5. The van der Waals surface area contributed by atoms with E-state index >= 15 is 0 Å². The highest BCUT2D eigenvalue weighted by Crippen LogP contribution is 2.25. The number of nitrogens with zero attached hydrogens (tertiary/aromatic N) is 3. The molecule has 3 aromatic rings. The molecule has 0 bridgehead atoms. The highest BCUT2D eigenvalue weighted by atomic mass is 16.2. The van der Waals surface area contributed by atoms with E-state index in [1.54, 1.807) is 6.33 Å². The second kappa shape index (κ2) is 7.50. The van der Waals surface area contributed by atoms with Crippen LogP contribution < -0.4 is 15.5 Å². The summed E-state index contributed by atoms with van der Waals surface area (Å²) in [5.41, 5.74) is 1.07. The highest BCUT2D eigenvalue weighted by molar-refractivity contribution is 5.89. The van der Waals surface area contributed by atoms with Gasteiger partial charge in [-0.2, -0.15) is 0 Å². The summed E-state index contributed by atoms with van der Waals surface area (Å²) in [6.45, 7) is 5.48. The van der Waals surface area contributed by atoms with Crippen LogP contribution in [-0.4, -0.2) is 45.5 Å². The zero-order valence-corrected chi connectivity index (χ0v) is 16.3. The van der Waals surface area contributed by atoms with Crippen LogP contribution in [0.1, 0.15) is 26.7 Å². The van der Waals surface area contributed by atoms with Crippen molar-refractivity contribution in [3.8, 4) is 0 Å². The molecule has 3 heterocycles. The van der Waals surface area contributed by atoms with E-state index in [0.717, 1.165) is 48.5 Å². The molecule has 28 heavy (non-hydrogen) atoms. The Kier molecular flexibility index (Phi) is 4.90. The van der Waals surface area contributed by atoms with Crippen molar-refractivity contribution in [2.24, 2.45) is 0 Å². The fraction of sp³-hybridized carbons (Fsp3) is 0.381. The average Bonchev–Trinajstić information content (AvgIpc) is 3.17. The number of carbonyl (C=O) groups excluding carboxylic acids is 1. The van der Waals surface area contributed by atoms with Crippen molar-refractivity contribution in [3.63, 3.8) is 0 Å². The van der Waals surface area contributed by atoms with Gasteiger partial charge >= 0.3 is 0 Å². The smallest absolute Gasteiger partial charge is 0.245 e. The van der Waals surface area contributed by atoms with Gasteiger partial charge < -0.3 is 20.5 Å². The Morgan fingerprint density at radius 2 is 2.04 bits per heavy atom. The number of fused-ring (bicyclic) bond motifs is 1. The normalized spacial score (nSPS) is 17.5. The van der Waals surface area contributed by atoms with Gasteiger partial charge in [-0.1, -0.05) is 18.2 Å². The average molecular weight is 378 g/mol. The van der Waals surface area contributed by atoms with Gasteiger partial charge in [-0.25, -0.2) is 9.97 Å². The van der Waals surface area contributed by atoms with Crippen LogP contribution in [0.2, 0.25) is 0 Å². The Bertz CT molecular complexity index is 952. The number of H-pyrrole nitrogens is 1. The molecular weight excluding hydrogens is 352 g/mol. The van der Waals surface area contributed by atoms with Gasteiger partial charge in [0.05, 0.1) is 5.39 Å². The highest BCUT2D eigenvalue weighted by Gasteiger charge is 2.31. The zero-order valence-electron chi connectivity index (χ0n) is 16.3. The first-order chi connectivity index (χ1) is 13.5. The molecule has 1 amide bonds. The lowest BCUT2D eigenvalue weighted by atomic mass is 10.0. The molecule has 0 spiro atoms. The van der Waals surface area contributed by atoms with Crippen molar-refractivity contribution in [1.29, 1.82) is 0 Å². The molecule has 7 nitrogen and oxygen atoms in total. The van der Waals surface area contributed by atoms with Crippen LogP contribution in [-0.2, 0) is 4.79 Å². The predicted molar refractivity (Wildman–Crippen MR) is 111 cm³/mol. The second-order valence-electron chi connectivity index (χ2n) is 7.81. The first-order valence-electron chi connectivity index (χ1n) is 9.70. The Morgan fingerprint density at radius 3 is 2.86 bits per heavy atom. The molecule has 1 fully saturated rings. The minimum atomic E-state index is -0.702. The number of anilines is 2. The van der Waals surface area contributed by atoms with Crippen molar-refractivity contribution in [2.45, 2.75) is 38.3 Å². The van der Waals surface area contributed by atoms with Gasteiger partial charge in [0.2, 0.25) is 5.91 Å². The molecule has 0 aliphatic carbocycles. The summed E-state index contributed by atoms with van der Waals surface area (Å²) < 4.78 is 0. The summed E-state index contributed by atoms with van der Waals surface area (Å²) in [7, 11) is 0. The van der Waals surface area contributed by atoms with Gasteiger partial charge in [-0.3, -0.25) is 4.79 Å². The Hall–Kier alpha value is -3.09. The molecular formula is C21H26N6O. The summed E-state index contributed by atoms with van der Waals surface area (Å²) in [6, 6.07) is 11.9. The number of aromatic nitrogens is 3. The molecule has 1 aliphatic heterocycles. The monoisotopic (exact) mass is 378 g/mol. The van der Waals surface area contributed by atoms with Crippen LogP contribution in [0.3, 0.4) is 0 Å². The zero-order chi connectivity index (χ0) is 19.6. The van der Waals surface area contributed by atoms with E-state index in [1.807, 2.05) is 56.4 Å². The summed E-state index contributed by atoms with van der Waals surface area (Å²) >= 11 is 0. The third-order valence-electron chi connectivity index (χ3n) is 5.19. The lowest BCUT2D eigenvalue weighted by Gasteiger charge is -2.36. The van der Waals surface area contributed by atoms with Crippen molar-refractivity contribution in [3.05, 3.63) is 48.9 Å². The van der Waals surface area contributed by atoms with Crippen LogP contribution in [0.25, 0.3) is 11.0 Å². The van der Waals surface area contributed by atoms with Crippen molar-refractivity contribution >= 4 is 28.4 Å². The fourth-order valence-electron chi connectivity index (χ4n) is 3.70. The predicted octanol–water partition coefficient (Wildman–Crippen LogP) is 2.93. The molecule has 1 atom stereocenters. The Balaban J connectivity index is 1.43. The van der Waals surface area contributed by atoms with E-state index in [4.69, 9.17) is 0 Å². The van der Waals surface area contributed by atoms with E-state index in [9.17, 15) is 4.79 Å². The van der Waals surface area contributed by atoms with Gasteiger partial charge in [-0.15, -0.1) is 0 Å². The topological polar surface area (TPSA) is 85.9 Å². The lowest BCUT2D eigenvalue weighted by Crippen LogP contribution is -2.55. The van der Waals surface area contributed by atoms with Gasteiger partial charge in [0.1, 0.15) is 23.3 Å². The molecule has 3 N–H and O–H groups in total. The summed E-state index contributed by atoms with van der Waals surface area (Å²) in [4.78, 5) is 27.1. The van der Waals surface area contributed by atoms with E-state index in [1.165, 1.54) is 0 Å². The maximum Gasteiger partial charge on any atom is 0.245 e. The maximum absolute atomic E-state index is 12.9. The number of piperidine rings is 1. The number of aromatic amines is 1. The van der Waals surface area contributed by atoms with E-state index in [-0.39, 0.29) is 11.9 Å². The molecule has 7 heteroatoms. The van der Waals surface area contributed by atoms with Gasteiger partial charge in [0.15, 0.2) is 0 Å². The summed E-state index contributed by atoms with van der Waals surface area (Å²) in [6.07, 6.45) is 5.44.